The van der Waals surface area contributed by atoms with Crippen LogP contribution in [0.15, 0.2) is 0 Å². The van der Waals surface area contributed by atoms with Crippen molar-refractivity contribution in [2.75, 3.05) is 12.4 Å². The molecule has 9 heteroatoms. The highest BCUT2D eigenvalue weighted by atomic mass is 35.5. The Hall–Kier alpha value is -0.660. The Bertz CT molecular complexity index is 224. The number of carbonyl (C=O) groups excluding carboxylic acids is 1. The van der Waals surface area contributed by atoms with Gasteiger partial charge in [0.25, 0.3) is 0 Å². The molecular formula is C7H8ClF6NO. The fourth-order valence-corrected chi connectivity index (χ4v) is 0.997. The lowest BCUT2D eigenvalue weighted by Gasteiger charge is -2.21. The first-order chi connectivity index (χ1) is 7.10. The van der Waals surface area contributed by atoms with Crippen molar-refractivity contribution in [2.24, 2.45) is 5.92 Å². The van der Waals surface area contributed by atoms with E-state index in [2.05, 4.69) is 0 Å². The van der Waals surface area contributed by atoms with Crippen molar-refractivity contribution in [1.29, 1.82) is 0 Å². The second-order valence-electron chi connectivity index (χ2n) is 2.85. The molecule has 0 aliphatic carbocycles. The van der Waals surface area contributed by atoms with Gasteiger partial charge in [0, 0.05) is 12.4 Å². The Morgan fingerprint density at radius 1 is 1.12 bits per heavy atom. The maximum Gasteiger partial charge on any atom is 0.409 e. The molecule has 0 rings (SSSR count). The lowest BCUT2D eigenvalue weighted by Crippen LogP contribution is -2.48. The summed E-state index contributed by atoms with van der Waals surface area (Å²) in [6, 6.07) is 0. The molecule has 0 aromatic heterocycles. The van der Waals surface area contributed by atoms with Gasteiger partial charge in [0.2, 0.25) is 11.8 Å². The molecule has 0 saturated carbocycles. The first-order valence-electron chi connectivity index (χ1n) is 4.07. The van der Waals surface area contributed by atoms with Gasteiger partial charge >= 0.3 is 12.4 Å². The maximum atomic E-state index is 12.0. The van der Waals surface area contributed by atoms with Crippen molar-refractivity contribution in [3.05, 3.63) is 0 Å². The van der Waals surface area contributed by atoms with Gasteiger partial charge in [-0.25, -0.2) is 0 Å². The quantitative estimate of drug-likeness (QED) is 0.475. The molecule has 1 N–H and O–H groups in total. The Kier molecular flexibility index (Phi) is 5.37. The van der Waals surface area contributed by atoms with Crippen molar-refractivity contribution >= 4 is 17.5 Å². The summed E-state index contributed by atoms with van der Waals surface area (Å²) >= 11 is 5.15. The van der Waals surface area contributed by atoms with E-state index >= 15 is 0 Å². The van der Waals surface area contributed by atoms with Gasteiger partial charge in [-0.1, -0.05) is 0 Å². The summed E-state index contributed by atoms with van der Waals surface area (Å²) in [5, 5.41) is 1.53. The van der Waals surface area contributed by atoms with Crippen LogP contribution in [0.5, 0.6) is 0 Å². The van der Waals surface area contributed by atoms with Gasteiger partial charge in [0.05, 0.1) is 0 Å². The zero-order valence-electron chi connectivity index (χ0n) is 7.75. The van der Waals surface area contributed by atoms with Gasteiger partial charge in [0.15, 0.2) is 0 Å². The normalized spacial score (nSPS) is 13.0. The molecular weight excluding hydrogens is 264 g/mol. The summed E-state index contributed by atoms with van der Waals surface area (Å²) in [7, 11) is 0. The zero-order chi connectivity index (χ0) is 13.0. The molecule has 0 aliphatic heterocycles. The minimum absolute atomic E-state index is 0.0307. The van der Waals surface area contributed by atoms with Crippen LogP contribution >= 0.6 is 11.6 Å². The van der Waals surface area contributed by atoms with Crippen molar-refractivity contribution in [3.63, 3.8) is 0 Å². The van der Waals surface area contributed by atoms with Gasteiger partial charge in [0.1, 0.15) is 0 Å². The van der Waals surface area contributed by atoms with E-state index in [0.717, 1.165) is 0 Å². The van der Waals surface area contributed by atoms with E-state index in [1.54, 1.807) is 0 Å². The molecule has 0 radical (unpaired) electrons. The predicted molar refractivity (Wildman–Crippen MR) is 43.9 cm³/mol. The molecule has 1 amide bonds. The van der Waals surface area contributed by atoms with Gasteiger partial charge < -0.3 is 5.32 Å². The van der Waals surface area contributed by atoms with Gasteiger partial charge in [-0.15, -0.1) is 11.6 Å². The van der Waals surface area contributed by atoms with E-state index < -0.39 is 24.2 Å². The lowest BCUT2D eigenvalue weighted by molar-refractivity contribution is -0.274. The van der Waals surface area contributed by atoms with E-state index in [4.69, 9.17) is 11.6 Å². The second kappa shape index (κ2) is 5.60. The van der Waals surface area contributed by atoms with Crippen LogP contribution in [0, 0.1) is 5.92 Å². The fourth-order valence-electron chi connectivity index (χ4n) is 0.863. The van der Waals surface area contributed by atoms with Crippen LogP contribution in [0.1, 0.15) is 6.42 Å². The first-order valence-corrected chi connectivity index (χ1v) is 4.61. The molecule has 0 aromatic carbocycles. The Labute approximate surface area is 91.9 Å². The number of amides is 1. The van der Waals surface area contributed by atoms with E-state index in [1.807, 2.05) is 0 Å². The third kappa shape index (κ3) is 4.91. The van der Waals surface area contributed by atoms with Crippen LogP contribution in [0.2, 0.25) is 0 Å². The molecule has 0 aromatic rings. The largest absolute Gasteiger partial charge is 0.409 e. The summed E-state index contributed by atoms with van der Waals surface area (Å²) in [4.78, 5) is 10.7. The standard InChI is InChI=1S/C7H8ClF6NO/c8-2-1-3-15-5(16)4(6(9,10)11)7(12,13)14/h4H,1-3H2,(H,15,16). The van der Waals surface area contributed by atoms with Crippen LogP contribution in [0.25, 0.3) is 0 Å². The first kappa shape index (κ1) is 15.3. The molecule has 0 atom stereocenters. The molecule has 2 nitrogen and oxygen atoms in total. The number of halogens is 7. The Morgan fingerprint density at radius 2 is 1.56 bits per heavy atom. The monoisotopic (exact) mass is 271 g/mol. The second-order valence-corrected chi connectivity index (χ2v) is 3.23. The van der Waals surface area contributed by atoms with Crippen LogP contribution in [-0.2, 0) is 4.79 Å². The lowest BCUT2D eigenvalue weighted by atomic mass is 10.1. The summed E-state index contributed by atoms with van der Waals surface area (Å²) in [5.74, 6) is -6.07. The van der Waals surface area contributed by atoms with E-state index in [0.29, 0.717) is 0 Å². The summed E-state index contributed by atoms with van der Waals surface area (Å²) in [6.07, 6.45) is -11.2. The van der Waals surface area contributed by atoms with Crippen LogP contribution in [0.3, 0.4) is 0 Å². The van der Waals surface area contributed by atoms with Gasteiger partial charge in [-0.2, -0.15) is 26.3 Å². The third-order valence-corrected chi connectivity index (χ3v) is 1.79. The number of hydrogen-bond acceptors (Lipinski definition) is 1. The topological polar surface area (TPSA) is 29.1 Å². The smallest absolute Gasteiger partial charge is 0.355 e. The van der Waals surface area contributed by atoms with Crippen molar-refractivity contribution in [2.45, 2.75) is 18.8 Å². The summed E-state index contributed by atoms with van der Waals surface area (Å²) in [5.41, 5.74) is 0. The molecule has 96 valence electrons. The average Bonchev–Trinajstić information content (AvgIpc) is 1.98. The van der Waals surface area contributed by atoms with Crippen LogP contribution in [0.4, 0.5) is 26.3 Å². The van der Waals surface area contributed by atoms with E-state index in [-0.39, 0.29) is 18.8 Å². The van der Waals surface area contributed by atoms with E-state index in [1.165, 1.54) is 5.32 Å². The zero-order valence-corrected chi connectivity index (χ0v) is 8.51. The van der Waals surface area contributed by atoms with Crippen molar-refractivity contribution in [3.8, 4) is 0 Å². The van der Waals surface area contributed by atoms with Gasteiger partial charge in [-0.05, 0) is 6.42 Å². The molecule has 0 aliphatic rings. The summed E-state index contributed by atoms with van der Waals surface area (Å²) < 4.78 is 71.8. The van der Waals surface area contributed by atoms with Crippen LogP contribution < -0.4 is 5.32 Å². The molecule has 16 heavy (non-hydrogen) atoms. The number of nitrogens with one attached hydrogen (secondary N) is 1. The maximum absolute atomic E-state index is 12.0. The Balaban J connectivity index is 4.61. The summed E-state index contributed by atoms with van der Waals surface area (Å²) in [6.45, 7) is -0.328. The fraction of sp³-hybridized carbons (Fsp3) is 0.857. The molecule has 0 bridgehead atoms. The minimum atomic E-state index is -5.65. The van der Waals surface area contributed by atoms with Crippen molar-refractivity contribution < 1.29 is 31.1 Å². The SMILES string of the molecule is O=C(NCCCCl)C(C(F)(F)F)C(F)(F)F. The molecule has 0 unspecified atom stereocenters. The number of carbonyl (C=O) groups is 1. The molecule has 0 fully saturated rings. The molecule has 0 saturated heterocycles. The Morgan fingerprint density at radius 3 is 1.88 bits per heavy atom. The minimum Gasteiger partial charge on any atom is -0.355 e. The highest BCUT2D eigenvalue weighted by Gasteiger charge is 2.60. The number of alkyl halides is 7. The molecule has 0 spiro atoms. The van der Waals surface area contributed by atoms with Crippen LogP contribution in [-0.4, -0.2) is 30.7 Å². The highest BCUT2D eigenvalue weighted by molar-refractivity contribution is 6.17. The average molecular weight is 272 g/mol. The predicted octanol–water partition coefficient (Wildman–Crippen LogP) is 2.47. The van der Waals surface area contributed by atoms with Crippen molar-refractivity contribution in [1.82, 2.24) is 5.32 Å². The highest BCUT2D eigenvalue weighted by Crippen LogP contribution is 2.39. The third-order valence-electron chi connectivity index (χ3n) is 1.53. The van der Waals surface area contributed by atoms with E-state index in [9.17, 15) is 31.1 Å². The van der Waals surface area contributed by atoms with Gasteiger partial charge in [-0.3, -0.25) is 4.79 Å². The number of hydrogen-bond donors (Lipinski definition) is 1. The number of rotatable bonds is 4. The molecule has 0 heterocycles.